The van der Waals surface area contributed by atoms with E-state index in [0.717, 1.165) is 52.8 Å². The van der Waals surface area contributed by atoms with E-state index in [9.17, 15) is 32.7 Å². The zero-order valence-electron chi connectivity index (χ0n) is 30.8. The van der Waals surface area contributed by atoms with E-state index >= 15 is 0 Å². The minimum Gasteiger partial charge on any atom is -0.459 e. The lowest BCUT2D eigenvalue weighted by Gasteiger charge is -2.38. The van der Waals surface area contributed by atoms with Gasteiger partial charge in [-0.05, 0) is 92.9 Å². The van der Waals surface area contributed by atoms with Gasteiger partial charge in [0.05, 0.1) is 18.8 Å². The highest BCUT2D eigenvalue weighted by Crippen LogP contribution is 2.40. The second-order valence-electron chi connectivity index (χ2n) is 15.2. The smallest absolute Gasteiger partial charge is 0.459 e. The van der Waals surface area contributed by atoms with Crippen LogP contribution in [-0.4, -0.2) is 82.3 Å². The summed E-state index contributed by atoms with van der Waals surface area (Å²) in [5.41, 5.74) is 4.38. The molecule has 3 aliphatic rings. The van der Waals surface area contributed by atoms with Gasteiger partial charge in [0.1, 0.15) is 17.7 Å². The first-order valence-electron chi connectivity index (χ1n) is 18.5. The zero-order chi connectivity index (χ0) is 38.6. The van der Waals surface area contributed by atoms with Crippen LogP contribution in [-0.2, 0) is 41.7 Å². The minimum atomic E-state index is -5.04. The molecule has 290 valence electrons. The topological polar surface area (TPSA) is 118 Å². The van der Waals surface area contributed by atoms with E-state index < -0.39 is 35.9 Å². The van der Waals surface area contributed by atoms with Crippen LogP contribution in [0.25, 0.3) is 11.1 Å². The second kappa shape index (κ2) is 16.6. The maximum Gasteiger partial charge on any atom is 0.471 e. The molecule has 13 heteroatoms. The van der Waals surface area contributed by atoms with Gasteiger partial charge in [0.25, 0.3) is 0 Å². The van der Waals surface area contributed by atoms with Gasteiger partial charge >= 0.3 is 18.1 Å². The quantitative estimate of drug-likeness (QED) is 0.230. The van der Waals surface area contributed by atoms with Crippen molar-refractivity contribution in [2.45, 2.75) is 108 Å². The predicted molar refractivity (Wildman–Crippen MR) is 193 cm³/mol. The number of amides is 2. The number of carbonyl (C=O) groups excluding carboxylic acids is 3. The fourth-order valence-corrected chi connectivity index (χ4v) is 7.45. The zero-order valence-corrected chi connectivity index (χ0v) is 30.8. The summed E-state index contributed by atoms with van der Waals surface area (Å²) in [5, 5.41) is 12.3. The summed E-state index contributed by atoms with van der Waals surface area (Å²) in [6.07, 6.45) is -3.71. The molecule has 0 aromatic heterocycles. The van der Waals surface area contributed by atoms with Crippen molar-refractivity contribution in [3.63, 3.8) is 0 Å². The molecule has 0 radical (unpaired) electrons. The third-order valence-corrected chi connectivity index (χ3v) is 10.0. The fourth-order valence-electron chi connectivity index (χ4n) is 7.45. The lowest BCUT2D eigenvalue weighted by atomic mass is 9.98. The Morgan fingerprint density at radius 3 is 2.24 bits per heavy atom. The van der Waals surface area contributed by atoms with E-state index in [1.54, 1.807) is 0 Å². The first kappa shape index (κ1) is 39.4. The molecule has 6 rings (SSSR count). The third kappa shape index (κ3) is 9.67. The van der Waals surface area contributed by atoms with Gasteiger partial charge in [-0.1, -0.05) is 60.7 Å². The number of benzene rings is 3. The molecule has 3 heterocycles. The van der Waals surface area contributed by atoms with Crippen molar-refractivity contribution < 1.29 is 46.9 Å². The SMILES string of the molecule is CC(C)(C)OC(=O)C1CCCN1CC1CC(c2ccc(CO)cc2)OC(c2cccc(-c3cccc(CNC(=O)C4CCCN4C(=O)C(F)(F)F)c3)c2)O1. The molecular formula is C41H48F3N3O7. The van der Waals surface area contributed by atoms with Crippen LogP contribution in [0.1, 0.15) is 87.5 Å². The number of halogens is 3. The molecule has 2 amide bonds. The van der Waals surface area contributed by atoms with Crippen LogP contribution in [0.4, 0.5) is 13.2 Å². The van der Waals surface area contributed by atoms with E-state index in [-0.39, 0.29) is 50.3 Å². The van der Waals surface area contributed by atoms with Crippen LogP contribution in [0.2, 0.25) is 0 Å². The van der Waals surface area contributed by atoms with Crippen LogP contribution in [0, 0.1) is 0 Å². The van der Waals surface area contributed by atoms with Crippen molar-refractivity contribution in [2.24, 2.45) is 0 Å². The Labute approximate surface area is 313 Å². The molecule has 10 nitrogen and oxygen atoms in total. The number of aliphatic hydroxyl groups is 1. The highest BCUT2D eigenvalue weighted by molar-refractivity contribution is 5.90. The molecule has 0 bridgehead atoms. The number of nitrogens with zero attached hydrogens (tertiary/aromatic N) is 2. The first-order chi connectivity index (χ1) is 25.7. The van der Waals surface area contributed by atoms with Crippen LogP contribution in [0.3, 0.4) is 0 Å². The highest BCUT2D eigenvalue weighted by atomic mass is 19.4. The maximum absolute atomic E-state index is 13.1. The molecule has 3 fully saturated rings. The Balaban J connectivity index is 1.18. The Morgan fingerprint density at radius 1 is 0.852 bits per heavy atom. The predicted octanol–water partition coefficient (Wildman–Crippen LogP) is 6.37. The molecule has 5 atom stereocenters. The molecule has 0 spiro atoms. The number of ether oxygens (including phenoxy) is 3. The summed E-state index contributed by atoms with van der Waals surface area (Å²) in [7, 11) is 0. The Hall–Kier alpha value is -4.30. The van der Waals surface area contributed by atoms with Gasteiger partial charge in [0.2, 0.25) is 5.91 Å². The lowest BCUT2D eigenvalue weighted by Crippen LogP contribution is -2.50. The van der Waals surface area contributed by atoms with Gasteiger partial charge in [-0.2, -0.15) is 13.2 Å². The molecular weight excluding hydrogens is 703 g/mol. The van der Waals surface area contributed by atoms with Crippen LogP contribution in [0.15, 0.2) is 72.8 Å². The number of hydrogen-bond acceptors (Lipinski definition) is 8. The Morgan fingerprint density at radius 2 is 1.54 bits per heavy atom. The lowest BCUT2D eigenvalue weighted by molar-refractivity contribution is -0.253. The average molecular weight is 752 g/mol. The average Bonchev–Trinajstić information content (AvgIpc) is 3.83. The molecule has 0 aliphatic carbocycles. The molecule has 3 aromatic rings. The first-order valence-corrected chi connectivity index (χ1v) is 18.5. The van der Waals surface area contributed by atoms with E-state index in [1.807, 2.05) is 93.6 Å². The van der Waals surface area contributed by atoms with E-state index in [2.05, 4.69) is 10.2 Å². The number of hydrogen-bond donors (Lipinski definition) is 2. The summed E-state index contributed by atoms with van der Waals surface area (Å²) in [4.78, 5) is 40.6. The minimum absolute atomic E-state index is 0.0658. The Bertz CT molecular complexity index is 1800. The second-order valence-corrected chi connectivity index (χ2v) is 15.2. The number of nitrogens with one attached hydrogen (secondary N) is 1. The number of esters is 1. The molecule has 5 unspecified atom stereocenters. The summed E-state index contributed by atoms with van der Waals surface area (Å²) in [5.74, 6) is -2.84. The summed E-state index contributed by atoms with van der Waals surface area (Å²) < 4.78 is 58.2. The molecule has 3 aromatic carbocycles. The van der Waals surface area contributed by atoms with Crippen molar-refractivity contribution in [1.82, 2.24) is 15.1 Å². The summed E-state index contributed by atoms with van der Waals surface area (Å²) in [6.45, 7) is 6.76. The number of alkyl halides is 3. The van der Waals surface area contributed by atoms with Crippen molar-refractivity contribution in [1.29, 1.82) is 0 Å². The number of aliphatic hydroxyl groups excluding tert-OH is 1. The van der Waals surface area contributed by atoms with Gasteiger partial charge in [-0.15, -0.1) is 0 Å². The van der Waals surface area contributed by atoms with Crippen LogP contribution < -0.4 is 5.32 Å². The summed E-state index contributed by atoms with van der Waals surface area (Å²) in [6, 6.07) is 21.4. The number of rotatable bonds is 10. The van der Waals surface area contributed by atoms with Gasteiger partial charge in [-0.3, -0.25) is 19.3 Å². The third-order valence-electron chi connectivity index (χ3n) is 10.0. The molecule has 0 saturated carbocycles. The van der Waals surface area contributed by atoms with Gasteiger partial charge in [0.15, 0.2) is 6.29 Å². The molecule has 3 saturated heterocycles. The molecule has 2 N–H and O–H groups in total. The number of likely N-dealkylation sites (tertiary alicyclic amines) is 2. The van der Waals surface area contributed by atoms with Crippen LogP contribution >= 0.6 is 0 Å². The molecule has 3 aliphatic heterocycles. The van der Waals surface area contributed by atoms with Gasteiger partial charge < -0.3 is 29.5 Å². The normalized spacial score (nSPS) is 23.7. The van der Waals surface area contributed by atoms with Crippen molar-refractivity contribution in [3.8, 4) is 11.1 Å². The van der Waals surface area contributed by atoms with Crippen molar-refractivity contribution >= 4 is 17.8 Å². The van der Waals surface area contributed by atoms with Gasteiger partial charge in [-0.25, -0.2) is 0 Å². The largest absolute Gasteiger partial charge is 0.471 e. The highest BCUT2D eigenvalue weighted by Gasteiger charge is 2.47. The van der Waals surface area contributed by atoms with Crippen molar-refractivity contribution in [2.75, 3.05) is 19.6 Å². The van der Waals surface area contributed by atoms with Crippen molar-refractivity contribution in [3.05, 3.63) is 95.1 Å². The van der Waals surface area contributed by atoms with E-state index in [0.29, 0.717) is 24.3 Å². The summed E-state index contributed by atoms with van der Waals surface area (Å²) >= 11 is 0. The van der Waals surface area contributed by atoms with E-state index in [4.69, 9.17) is 14.2 Å². The fraction of sp³-hybridized carbons (Fsp3) is 0.488. The standard InChI is InChI=1S/C41H48F3N3O7/c1-40(2,3)54-37(50)34-13-6-18-46(34)24-32-22-35(28-16-14-26(25-48)15-17-28)53-38(52-32)31-11-5-10-30(21-31)29-9-4-8-27(20-29)23-45-36(49)33-12-7-19-47(33)39(51)41(42,43)44/h4-5,8-11,14-17,20-21,32-35,38,48H,6-7,12-13,18-19,22-25H2,1-3H3,(H,45,49). The molecule has 54 heavy (non-hydrogen) atoms. The number of carbonyl (C=O) groups is 3. The van der Waals surface area contributed by atoms with Gasteiger partial charge in [0, 0.05) is 31.6 Å². The van der Waals surface area contributed by atoms with Crippen LogP contribution in [0.5, 0.6) is 0 Å². The maximum atomic E-state index is 13.1. The Kier molecular flexibility index (Phi) is 12.1. The van der Waals surface area contributed by atoms with E-state index in [1.165, 1.54) is 0 Å². The monoisotopic (exact) mass is 751 g/mol.